The fourth-order valence-corrected chi connectivity index (χ4v) is 9.27. The molecule has 57 heavy (non-hydrogen) atoms. The van der Waals surface area contributed by atoms with E-state index in [1.165, 1.54) is 23.1 Å². The van der Waals surface area contributed by atoms with Gasteiger partial charge in [-0.2, -0.15) is 36.7 Å². The number of carbonyl (C=O) groups is 1. The van der Waals surface area contributed by atoms with Crippen LogP contribution < -0.4 is 18.7 Å². The molecule has 0 radical (unpaired) electrons. The van der Waals surface area contributed by atoms with Gasteiger partial charge in [-0.05, 0) is 67.8 Å². The maximum Gasteiger partial charge on any atom is 0.534 e. The zero-order valence-corrected chi connectivity index (χ0v) is 32.6. The summed E-state index contributed by atoms with van der Waals surface area (Å²) >= 11 is 0. The van der Waals surface area contributed by atoms with Gasteiger partial charge < -0.3 is 23.6 Å². The van der Waals surface area contributed by atoms with Crippen LogP contribution in [0, 0.1) is 5.82 Å². The maximum atomic E-state index is 15.3. The third-order valence-electron chi connectivity index (χ3n) is 11.5. The number of nitrogens with zero attached hydrogens (tertiary/aromatic N) is 8. The highest BCUT2D eigenvalue weighted by Crippen LogP contribution is 2.42. The third kappa shape index (κ3) is 7.21. The Hall–Kier alpha value is -4.78. The molecule has 2 fully saturated rings. The standard InChI is InChI=1S/C38H43F5N8O5S/c1-4-27-29(40)8-7-23-15-26(56-57(53,54)38(41,42)43)17-32(33(23)27)48-14-9-28-31(21-48)44-36(55-22-37-10-5-12-50(37)19-24(39)18-37)45-34(28)49-11-6-13-51-25(20-49)16-30(46-51)35(52)47(2)3/h7-8,15-17,24H,4-6,9-14,18-22H2,1-3H3/t24-,37+/m1/s1. The second-order valence-electron chi connectivity index (χ2n) is 15.4. The Morgan fingerprint density at radius 3 is 2.60 bits per heavy atom. The Bertz CT molecular complexity index is 2340. The van der Waals surface area contributed by atoms with Gasteiger partial charge in [0.15, 0.2) is 5.69 Å². The Labute approximate surface area is 326 Å². The quantitative estimate of drug-likeness (QED) is 0.123. The van der Waals surface area contributed by atoms with Crippen LogP contribution in [0.3, 0.4) is 0 Å². The van der Waals surface area contributed by atoms with E-state index in [4.69, 9.17) is 14.7 Å². The highest BCUT2D eigenvalue weighted by atomic mass is 32.2. The molecule has 0 bridgehead atoms. The van der Waals surface area contributed by atoms with Crippen molar-refractivity contribution in [3.63, 3.8) is 0 Å². The summed E-state index contributed by atoms with van der Waals surface area (Å²) < 4.78 is 107. The Morgan fingerprint density at radius 2 is 1.84 bits per heavy atom. The summed E-state index contributed by atoms with van der Waals surface area (Å²) in [5, 5.41) is 5.28. The van der Waals surface area contributed by atoms with Crippen LogP contribution in [-0.4, -0.2) is 108 Å². The Morgan fingerprint density at radius 1 is 1.04 bits per heavy atom. The van der Waals surface area contributed by atoms with Gasteiger partial charge in [-0.15, -0.1) is 0 Å². The van der Waals surface area contributed by atoms with Gasteiger partial charge in [0, 0.05) is 69.4 Å². The van der Waals surface area contributed by atoms with Crippen LogP contribution in [0.15, 0.2) is 30.3 Å². The Kier molecular flexibility index (Phi) is 9.97. The summed E-state index contributed by atoms with van der Waals surface area (Å²) in [7, 11) is -2.68. The number of halogens is 5. The van der Waals surface area contributed by atoms with E-state index in [0.717, 1.165) is 36.7 Å². The molecule has 4 aliphatic rings. The van der Waals surface area contributed by atoms with E-state index in [1.54, 1.807) is 27.1 Å². The monoisotopic (exact) mass is 818 g/mol. The fourth-order valence-electron chi connectivity index (χ4n) is 8.83. The van der Waals surface area contributed by atoms with Crippen molar-refractivity contribution in [3.05, 3.63) is 64.4 Å². The van der Waals surface area contributed by atoms with Crippen molar-refractivity contribution in [1.29, 1.82) is 0 Å². The van der Waals surface area contributed by atoms with Crippen molar-refractivity contribution >= 4 is 38.3 Å². The van der Waals surface area contributed by atoms with Crippen LogP contribution >= 0.6 is 0 Å². The van der Waals surface area contributed by atoms with Crippen LogP contribution in [0.25, 0.3) is 10.8 Å². The molecular formula is C38H43F5N8O5S. The number of anilines is 2. The minimum Gasteiger partial charge on any atom is -0.461 e. The van der Waals surface area contributed by atoms with Gasteiger partial charge in [-0.25, -0.2) is 8.78 Å². The number of hydrogen-bond acceptors (Lipinski definition) is 11. The van der Waals surface area contributed by atoms with E-state index in [-0.39, 0.29) is 43.7 Å². The van der Waals surface area contributed by atoms with Crippen molar-refractivity contribution in [2.75, 3.05) is 56.7 Å². The van der Waals surface area contributed by atoms with E-state index in [0.29, 0.717) is 79.0 Å². The number of aryl methyl sites for hydroxylation is 2. The number of ether oxygens (including phenoxy) is 1. The number of aromatic nitrogens is 4. The van der Waals surface area contributed by atoms with Gasteiger partial charge in [0.25, 0.3) is 5.91 Å². The molecule has 2 aromatic carbocycles. The largest absolute Gasteiger partial charge is 0.534 e. The minimum absolute atomic E-state index is 0.0777. The SMILES string of the molecule is CCc1c(F)ccc2cc(OS(=O)(=O)C(F)(F)F)cc(N3CCc4c(nc(OC[C@@]56CCCN5C[C@H](F)C6)nc4N4CCCn5nc(C(=O)N(C)C)cc5C4)C3)c12. The molecule has 2 saturated heterocycles. The van der Waals surface area contributed by atoms with E-state index < -0.39 is 38.9 Å². The van der Waals surface area contributed by atoms with Gasteiger partial charge in [0.2, 0.25) is 0 Å². The smallest absolute Gasteiger partial charge is 0.461 e. The minimum atomic E-state index is -6.01. The molecule has 2 aromatic heterocycles. The summed E-state index contributed by atoms with van der Waals surface area (Å²) in [6, 6.07) is 6.77. The second kappa shape index (κ2) is 14.6. The number of benzene rings is 2. The third-order valence-corrected chi connectivity index (χ3v) is 12.5. The molecule has 6 heterocycles. The molecule has 4 aliphatic heterocycles. The molecule has 0 aliphatic carbocycles. The molecular weight excluding hydrogens is 776 g/mol. The fraction of sp³-hybridized carbons (Fsp3) is 0.526. The van der Waals surface area contributed by atoms with E-state index in [9.17, 15) is 30.8 Å². The summed E-state index contributed by atoms with van der Waals surface area (Å²) in [6.07, 6.45) is 2.36. The van der Waals surface area contributed by atoms with Crippen LogP contribution in [0.2, 0.25) is 0 Å². The topological polar surface area (TPSA) is 126 Å². The first-order valence-electron chi connectivity index (χ1n) is 19.0. The highest BCUT2D eigenvalue weighted by Gasteiger charge is 2.50. The van der Waals surface area contributed by atoms with Crippen LogP contribution in [0.4, 0.5) is 33.5 Å². The highest BCUT2D eigenvalue weighted by molar-refractivity contribution is 7.88. The molecule has 19 heteroatoms. The lowest BCUT2D eigenvalue weighted by Crippen LogP contribution is -2.43. The van der Waals surface area contributed by atoms with Gasteiger partial charge in [0.1, 0.15) is 30.2 Å². The predicted molar refractivity (Wildman–Crippen MR) is 200 cm³/mol. The zero-order valence-electron chi connectivity index (χ0n) is 31.8. The first-order valence-corrected chi connectivity index (χ1v) is 20.4. The summed E-state index contributed by atoms with van der Waals surface area (Å²) in [4.78, 5) is 30.1. The Balaban J connectivity index is 1.20. The molecule has 306 valence electrons. The van der Waals surface area contributed by atoms with Crippen LogP contribution in [0.5, 0.6) is 11.8 Å². The lowest BCUT2D eigenvalue weighted by Gasteiger charge is -2.35. The number of rotatable bonds is 9. The molecule has 13 nitrogen and oxygen atoms in total. The summed E-state index contributed by atoms with van der Waals surface area (Å²) in [5.74, 6) is -0.694. The van der Waals surface area contributed by atoms with E-state index >= 15 is 4.39 Å². The molecule has 2 atom stereocenters. The van der Waals surface area contributed by atoms with Crippen molar-refractivity contribution in [1.82, 2.24) is 29.5 Å². The number of fused-ring (bicyclic) bond motifs is 4. The van der Waals surface area contributed by atoms with Gasteiger partial charge >= 0.3 is 21.6 Å². The summed E-state index contributed by atoms with van der Waals surface area (Å²) in [6.45, 7) is 4.96. The van der Waals surface area contributed by atoms with Crippen LogP contribution in [0.1, 0.15) is 65.6 Å². The van der Waals surface area contributed by atoms with Gasteiger partial charge in [-0.1, -0.05) is 13.0 Å². The van der Waals surface area contributed by atoms with Crippen molar-refractivity contribution in [2.45, 2.75) is 82.3 Å². The first-order chi connectivity index (χ1) is 27.1. The van der Waals surface area contributed by atoms with E-state index in [1.807, 2.05) is 9.58 Å². The normalized spacial score (nSPS) is 21.3. The summed E-state index contributed by atoms with van der Waals surface area (Å²) in [5.41, 5.74) is -3.06. The van der Waals surface area contributed by atoms with Gasteiger partial charge in [0.05, 0.1) is 30.0 Å². The average molecular weight is 819 g/mol. The molecule has 0 unspecified atom stereocenters. The first kappa shape index (κ1) is 39.1. The molecule has 8 rings (SSSR count). The lowest BCUT2D eigenvalue weighted by molar-refractivity contribution is -0.0500. The molecule has 0 saturated carbocycles. The second-order valence-corrected chi connectivity index (χ2v) is 17.0. The molecule has 1 amide bonds. The number of alkyl halides is 4. The van der Waals surface area contributed by atoms with Crippen LogP contribution in [-0.2, 0) is 42.6 Å². The van der Waals surface area contributed by atoms with Crippen molar-refractivity contribution < 1.29 is 44.1 Å². The number of hydrogen-bond donors (Lipinski definition) is 0. The lowest BCUT2D eigenvalue weighted by atomic mass is 9.95. The maximum absolute atomic E-state index is 15.3. The van der Waals surface area contributed by atoms with E-state index in [2.05, 4.69) is 19.1 Å². The molecule has 0 spiro atoms. The molecule has 4 aromatic rings. The molecule has 0 N–H and O–H groups in total. The number of carbonyl (C=O) groups excluding carboxylic acids is 1. The van der Waals surface area contributed by atoms with Crippen molar-refractivity contribution in [3.8, 4) is 11.8 Å². The number of amides is 1. The van der Waals surface area contributed by atoms with Crippen molar-refractivity contribution in [2.24, 2.45) is 0 Å². The predicted octanol–water partition coefficient (Wildman–Crippen LogP) is 5.39. The van der Waals surface area contributed by atoms with Gasteiger partial charge in [-0.3, -0.25) is 14.4 Å². The zero-order chi connectivity index (χ0) is 40.4. The average Bonchev–Trinajstić information content (AvgIpc) is 3.79.